The van der Waals surface area contributed by atoms with Gasteiger partial charge in [-0.3, -0.25) is 4.98 Å². The van der Waals surface area contributed by atoms with E-state index in [1.807, 2.05) is 24.3 Å². The van der Waals surface area contributed by atoms with Crippen LogP contribution >= 0.6 is 0 Å². The van der Waals surface area contributed by atoms with Crippen LogP contribution in [0.5, 0.6) is 0 Å². The highest BCUT2D eigenvalue weighted by Crippen LogP contribution is 2.11. The molecule has 0 aliphatic carbocycles. The van der Waals surface area contributed by atoms with E-state index < -0.39 is 0 Å². The van der Waals surface area contributed by atoms with Gasteiger partial charge in [0.15, 0.2) is 0 Å². The van der Waals surface area contributed by atoms with Gasteiger partial charge in [-0.2, -0.15) is 0 Å². The van der Waals surface area contributed by atoms with Crippen LogP contribution in [0.3, 0.4) is 0 Å². The molecule has 0 aliphatic heterocycles. The molecule has 0 bridgehead atoms. The highest BCUT2D eigenvalue weighted by molar-refractivity contribution is 5.75. The molecule has 19 heavy (non-hydrogen) atoms. The molecule has 2 aromatic rings. The third kappa shape index (κ3) is 4.48. The number of aromatic nitrogens is 2. The molecule has 0 atom stereocenters. The lowest BCUT2D eigenvalue weighted by atomic mass is 10.3. The van der Waals surface area contributed by atoms with Crippen molar-refractivity contribution in [3.63, 3.8) is 0 Å². The van der Waals surface area contributed by atoms with Gasteiger partial charge in [-0.05, 0) is 38.8 Å². The first kappa shape index (κ1) is 13.7. The van der Waals surface area contributed by atoms with Crippen LogP contribution in [-0.4, -0.2) is 29.2 Å². The fourth-order valence-electron chi connectivity index (χ4n) is 1.80. The van der Waals surface area contributed by atoms with Crippen molar-refractivity contribution in [2.75, 3.05) is 18.5 Å². The molecule has 0 unspecified atom stereocenters. The van der Waals surface area contributed by atoms with Gasteiger partial charge in [0, 0.05) is 13.2 Å². The Morgan fingerprint density at radius 2 is 1.95 bits per heavy atom. The average molecular weight is 259 g/mol. The Bertz CT molecular complexity index is 513. The number of hydrogen-bond acceptors (Lipinski definition) is 4. The van der Waals surface area contributed by atoms with Gasteiger partial charge in [0.25, 0.3) is 0 Å². The van der Waals surface area contributed by atoms with Gasteiger partial charge in [0.1, 0.15) is 5.82 Å². The molecule has 1 aromatic heterocycles. The second-order valence-corrected chi connectivity index (χ2v) is 4.80. The molecule has 1 N–H and O–H groups in total. The van der Waals surface area contributed by atoms with Crippen LogP contribution < -0.4 is 5.32 Å². The normalized spacial score (nSPS) is 11.1. The lowest BCUT2D eigenvalue weighted by molar-refractivity contribution is 0.0765. The second kappa shape index (κ2) is 7.04. The van der Waals surface area contributed by atoms with Crippen LogP contribution in [0, 0.1) is 0 Å². The summed E-state index contributed by atoms with van der Waals surface area (Å²) in [5, 5.41) is 3.30. The third-order valence-corrected chi connectivity index (χ3v) is 2.78. The molecule has 4 nitrogen and oxygen atoms in total. The standard InChI is InChI=1S/C15H21N3O/c1-12(2)19-10-6-5-9-16-15-11-17-13-7-3-4-8-14(13)18-15/h3-4,7-8,11-12H,5-6,9-10H2,1-2H3,(H,16,18). The van der Waals surface area contributed by atoms with E-state index in [2.05, 4.69) is 29.1 Å². The maximum absolute atomic E-state index is 5.50. The van der Waals surface area contributed by atoms with Crippen molar-refractivity contribution in [1.29, 1.82) is 0 Å². The Morgan fingerprint density at radius 3 is 2.74 bits per heavy atom. The van der Waals surface area contributed by atoms with E-state index in [9.17, 15) is 0 Å². The van der Waals surface area contributed by atoms with Gasteiger partial charge in [-0.15, -0.1) is 0 Å². The summed E-state index contributed by atoms with van der Waals surface area (Å²) < 4.78 is 5.50. The molecule has 0 aliphatic rings. The SMILES string of the molecule is CC(C)OCCCCNc1cnc2ccccc2n1. The maximum atomic E-state index is 5.50. The molecular weight excluding hydrogens is 238 g/mol. The summed E-state index contributed by atoms with van der Waals surface area (Å²) in [5.41, 5.74) is 1.86. The number of anilines is 1. The Hall–Kier alpha value is -1.68. The fraction of sp³-hybridized carbons (Fsp3) is 0.467. The molecule has 2 rings (SSSR count). The molecular formula is C15H21N3O. The zero-order valence-corrected chi connectivity index (χ0v) is 11.6. The molecule has 1 heterocycles. The van der Waals surface area contributed by atoms with Crippen LogP contribution in [-0.2, 0) is 4.74 Å². The van der Waals surface area contributed by atoms with Gasteiger partial charge in [-0.1, -0.05) is 12.1 Å². The molecule has 102 valence electrons. The smallest absolute Gasteiger partial charge is 0.145 e. The number of hydrogen-bond donors (Lipinski definition) is 1. The Balaban J connectivity index is 1.75. The third-order valence-electron chi connectivity index (χ3n) is 2.78. The first-order chi connectivity index (χ1) is 9.25. The van der Waals surface area contributed by atoms with Gasteiger partial charge < -0.3 is 10.1 Å². The number of ether oxygens (including phenoxy) is 1. The topological polar surface area (TPSA) is 47.0 Å². The summed E-state index contributed by atoms with van der Waals surface area (Å²) in [6.45, 7) is 5.84. The summed E-state index contributed by atoms with van der Waals surface area (Å²) in [6.07, 6.45) is 4.24. The number of unbranched alkanes of at least 4 members (excludes halogenated alkanes) is 1. The summed E-state index contributed by atoms with van der Waals surface area (Å²) in [4.78, 5) is 8.89. The van der Waals surface area contributed by atoms with Crippen molar-refractivity contribution in [2.24, 2.45) is 0 Å². The van der Waals surface area contributed by atoms with E-state index in [0.717, 1.165) is 42.8 Å². The summed E-state index contributed by atoms with van der Waals surface area (Å²) in [6, 6.07) is 7.89. The Kier molecular flexibility index (Phi) is 5.10. The number of benzene rings is 1. The van der Waals surface area contributed by atoms with Crippen molar-refractivity contribution in [3.8, 4) is 0 Å². The van der Waals surface area contributed by atoms with Crippen LogP contribution in [0.4, 0.5) is 5.82 Å². The van der Waals surface area contributed by atoms with Crippen LogP contribution in [0.15, 0.2) is 30.5 Å². The number of nitrogens with one attached hydrogen (secondary N) is 1. The number of para-hydroxylation sites is 2. The minimum atomic E-state index is 0.319. The molecule has 0 amide bonds. The second-order valence-electron chi connectivity index (χ2n) is 4.80. The van der Waals surface area contributed by atoms with Crippen molar-refractivity contribution in [1.82, 2.24) is 9.97 Å². The van der Waals surface area contributed by atoms with Crippen molar-refractivity contribution < 1.29 is 4.74 Å². The minimum Gasteiger partial charge on any atom is -0.379 e. The Morgan fingerprint density at radius 1 is 1.16 bits per heavy atom. The molecule has 0 saturated heterocycles. The molecule has 0 spiro atoms. The van der Waals surface area contributed by atoms with Crippen LogP contribution in [0.2, 0.25) is 0 Å². The lowest BCUT2D eigenvalue weighted by Gasteiger charge is -2.08. The summed E-state index contributed by atoms with van der Waals surface area (Å²) in [5.74, 6) is 0.837. The molecule has 1 aromatic carbocycles. The van der Waals surface area contributed by atoms with Crippen molar-refractivity contribution >= 4 is 16.9 Å². The first-order valence-electron chi connectivity index (χ1n) is 6.83. The van der Waals surface area contributed by atoms with Crippen LogP contribution in [0.25, 0.3) is 11.0 Å². The molecule has 4 heteroatoms. The molecule has 0 saturated carbocycles. The highest BCUT2D eigenvalue weighted by Gasteiger charge is 1.98. The first-order valence-corrected chi connectivity index (χ1v) is 6.83. The van der Waals surface area contributed by atoms with E-state index in [4.69, 9.17) is 4.74 Å². The van der Waals surface area contributed by atoms with Crippen LogP contribution in [0.1, 0.15) is 26.7 Å². The highest BCUT2D eigenvalue weighted by atomic mass is 16.5. The monoisotopic (exact) mass is 259 g/mol. The number of nitrogens with zero attached hydrogens (tertiary/aromatic N) is 2. The number of rotatable bonds is 7. The molecule has 0 fully saturated rings. The van der Waals surface area contributed by atoms with E-state index in [-0.39, 0.29) is 0 Å². The predicted molar refractivity (Wildman–Crippen MR) is 78.3 cm³/mol. The zero-order chi connectivity index (χ0) is 13.5. The van der Waals surface area contributed by atoms with E-state index in [1.54, 1.807) is 6.20 Å². The largest absolute Gasteiger partial charge is 0.379 e. The Labute approximate surface area is 114 Å². The fourth-order valence-corrected chi connectivity index (χ4v) is 1.80. The van der Waals surface area contributed by atoms with E-state index >= 15 is 0 Å². The number of fused-ring (bicyclic) bond motifs is 1. The summed E-state index contributed by atoms with van der Waals surface area (Å²) in [7, 11) is 0. The minimum absolute atomic E-state index is 0.319. The van der Waals surface area contributed by atoms with Gasteiger partial charge in [0.05, 0.1) is 23.3 Å². The van der Waals surface area contributed by atoms with Crippen molar-refractivity contribution in [2.45, 2.75) is 32.8 Å². The summed E-state index contributed by atoms with van der Waals surface area (Å²) >= 11 is 0. The van der Waals surface area contributed by atoms with E-state index in [1.165, 1.54) is 0 Å². The lowest BCUT2D eigenvalue weighted by Crippen LogP contribution is -2.07. The zero-order valence-electron chi connectivity index (χ0n) is 11.6. The van der Waals surface area contributed by atoms with Gasteiger partial charge in [0.2, 0.25) is 0 Å². The van der Waals surface area contributed by atoms with Gasteiger partial charge >= 0.3 is 0 Å². The van der Waals surface area contributed by atoms with E-state index in [0.29, 0.717) is 6.10 Å². The average Bonchev–Trinajstić information content (AvgIpc) is 2.42. The molecule has 0 radical (unpaired) electrons. The predicted octanol–water partition coefficient (Wildman–Crippen LogP) is 3.25. The van der Waals surface area contributed by atoms with Crippen molar-refractivity contribution in [3.05, 3.63) is 30.5 Å². The van der Waals surface area contributed by atoms with Gasteiger partial charge in [-0.25, -0.2) is 4.98 Å². The quantitative estimate of drug-likeness (QED) is 0.775. The maximum Gasteiger partial charge on any atom is 0.145 e.